The second-order valence-corrected chi connectivity index (χ2v) is 5.67. The summed E-state index contributed by atoms with van der Waals surface area (Å²) in [6.45, 7) is 0. The van der Waals surface area contributed by atoms with Gasteiger partial charge in [0.1, 0.15) is 17.3 Å². The fourth-order valence-corrected chi connectivity index (χ4v) is 2.98. The van der Waals surface area contributed by atoms with Crippen LogP contribution in [0.1, 0.15) is 17.2 Å². The molecule has 0 bridgehead atoms. The van der Waals surface area contributed by atoms with Crippen LogP contribution in [0.4, 0.5) is 4.39 Å². The van der Waals surface area contributed by atoms with Gasteiger partial charge in [0.05, 0.1) is 24.3 Å². The van der Waals surface area contributed by atoms with E-state index in [1.165, 1.54) is 31.2 Å². The number of aliphatic hydroxyl groups excluding tert-OH is 1. The van der Waals surface area contributed by atoms with Crippen LogP contribution in [0.5, 0.6) is 5.75 Å². The van der Waals surface area contributed by atoms with Crippen LogP contribution in [0.15, 0.2) is 54.1 Å². The third kappa shape index (κ3) is 2.76. The average molecular weight is 341 g/mol. The van der Waals surface area contributed by atoms with E-state index < -0.39 is 29.3 Å². The van der Waals surface area contributed by atoms with E-state index in [4.69, 9.17) is 4.74 Å². The Hall–Kier alpha value is -3.15. The van der Waals surface area contributed by atoms with Crippen LogP contribution in [0.3, 0.4) is 0 Å². The quantitative estimate of drug-likeness (QED) is 0.530. The molecule has 6 heteroatoms. The van der Waals surface area contributed by atoms with Gasteiger partial charge >= 0.3 is 0 Å². The number of ketones is 1. The maximum Gasteiger partial charge on any atom is 0.295 e. The maximum absolute atomic E-state index is 13.6. The van der Waals surface area contributed by atoms with Crippen molar-refractivity contribution in [3.63, 3.8) is 0 Å². The summed E-state index contributed by atoms with van der Waals surface area (Å²) in [6.07, 6.45) is 0. The third-order valence-corrected chi connectivity index (χ3v) is 4.21. The fourth-order valence-electron chi connectivity index (χ4n) is 2.98. The lowest BCUT2D eigenvalue weighted by Crippen LogP contribution is -2.24. The Morgan fingerprint density at radius 1 is 1.16 bits per heavy atom. The third-order valence-electron chi connectivity index (χ3n) is 4.21. The normalized spacial score (nSPS) is 19.3. The number of likely N-dealkylation sites (N-methyl/N-ethyl adjacent to an activating group) is 1. The molecule has 1 heterocycles. The molecule has 1 saturated heterocycles. The van der Waals surface area contributed by atoms with Crippen LogP contribution in [-0.2, 0) is 9.59 Å². The first-order valence-electron chi connectivity index (χ1n) is 7.59. The second kappa shape index (κ2) is 6.39. The van der Waals surface area contributed by atoms with Gasteiger partial charge in [-0.15, -0.1) is 0 Å². The Kier molecular flexibility index (Phi) is 4.27. The van der Waals surface area contributed by atoms with Crippen LogP contribution < -0.4 is 4.74 Å². The molecule has 2 aromatic carbocycles. The molecule has 1 fully saturated rings. The van der Waals surface area contributed by atoms with E-state index in [0.717, 1.165) is 6.07 Å². The molecule has 0 spiro atoms. The van der Waals surface area contributed by atoms with Gasteiger partial charge in [-0.1, -0.05) is 30.3 Å². The molecule has 1 atom stereocenters. The number of nitrogens with zero attached hydrogens (tertiary/aromatic N) is 1. The Morgan fingerprint density at radius 3 is 2.48 bits per heavy atom. The molecule has 0 saturated carbocycles. The van der Waals surface area contributed by atoms with E-state index in [9.17, 15) is 19.1 Å². The highest BCUT2D eigenvalue weighted by molar-refractivity contribution is 6.46. The average Bonchev–Trinajstić information content (AvgIpc) is 2.86. The zero-order chi connectivity index (χ0) is 18.1. The zero-order valence-electron chi connectivity index (χ0n) is 13.7. The topological polar surface area (TPSA) is 66.8 Å². The van der Waals surface area contributed by atoms with E-state index in [0.29, 0.717) is 5.56 Å². The summed E-state index contributed by atoms with van der Waals surface area (Å²) in [7, 11) is 2.86. The summed E-state index contributed by atoms with van der Waals surface area (Å²) in [5, 5.41) is 10.7. The number of aliphatic hydroxyl groups is 1. The van der Waals surface area contributed by atoms with Crippen LogP contribution in [0.2, 0.25) is 0 Å². The molecule has 1 amide bonds. The summed E-state index contributed by atoms with van der Waals surface area (Å²) in [4.78, 5) is 25.9. The predicted octanol–water partition coefficient (Wildman–Crippen LogP) is 2.89. The van der Waals surface area contributed by atoms with Crippen molar-refractivity contribution in [2.24, 2.45) is 0 Å². The first-order valence-corrected chi connectivity index (χ1v) is 7.59. The first-order chi connectivity index (χ1) is 12.0. The van der Waals surface area contributed by atoms with Gasteiger partial charge in [-0.05, 0) is 23.8 Å². The Labute approximate surface area is 144 Å². The largest absolute Gasteiger partial charge is 0.507 e. The molecule has 2 aromatic rings. The minimum absolute atomic E-state index is 0.0230. The van der Waals surface area contributed by atoms with E-state index in [1.807, 2.05) is 0 Å². The minimum Gasteiger partial charge on any atom is -0.507 e. The minimum atomic E-state index is -0.819. The molecule has 1 unspecified atom stereocenters. The number of amides is 1. The molecule has 0 aliphatic carbocycles. The fraction of sp³-hybridized carbons (Fsp3) is 0.158. The summed E-state index contributed by atoms with van der Waals surface area (Å²) < 4.78 is 18.8. The van der Waals surface area contributed by atoms with Gasteiger partial charge in [0.2, 0.25) is 0 Å². The number of benzene rings is 2. The van der Waals surface area contributed by atoms with E-state index in [-0.39, 0.29) is 16.9 Å². The summed E-state index contributed by atoms with van der Waals surface area (Å²) in [5.41, 5.74) is 0.596. The Balaban J connectivity index is 2.24. The highest BCUT2D eigenvalue weighted by Gasteiger charge is 2.44. The van der Waals surface area contributed by atoms with E-state index in [2.05, 4.69) is 0 Å². The number of methoxy groups -OCH3 is 1. The van der Waals surface area contributed by atoms with Crippen molar-refractivity contribution in [1.82, 2.24) is 4.90 Å². The van der Waals surface area contributed by atoms with E-state index >= 15 is 0 Å². The molecule has 1 N–H and O–H groups in total. The van der Waals surface area contributed by atoms with Crippen molar-refractivity contribution >= 4 is 17.4 Å². The Bertz CT molecular complexity index is 876. The van der Waals surface area contributed by atoms with Crippen LogP contribution in [0, 0.1) is 5.82 Å². The van der Waals surface area contributed by atoms with Gasteiger partial charge in [-0.3, -0.25) is 9.59 Å². The SMILES string of the molecule is COc1ccc(F)cc1/C(O)=C1\C(=O)C(=O)N(C)C1c1ccccc1. The number of Topliss-reactive ketones (excluding diaryl/α,β-unsaturated/α-hetero) is 1. The van der Waals surface area contributed by atoms with Crippen molar-refractivity contribution in [2.45, 2.75) is 6.04 Å². The summed E-state index contributed by atoms with van der Waals surface area (Å²) in [5.74, 6) is -2.41. The van der Waals surface area contributed by atoms with Gasteiger partial charge in [0, 0.05) is 7.05 Å². The van der Waals surface area contributed by atoms with Gasteiger partial charge in [-0.2, -0.15) is 0 Å². The molecule has 1 aliphatic heterocycles. The predicted molar refractivity (Wildman–Crippen MR) is 89.5 cm³/mol. The van der Waals surface area contributed by atoms with Crippen molar-refractivity contribution in [3.8, 4) is 5.75 Å². The van der Waals surface area contributed by atoms with Crippen molar-refractivity contribution < 1.29 is 23.8 Å². The van der Waals surface area contributed by atoms with Crippen molar-refractivity contribution in [3.05, 3.63) is 71.0 Å². The highest BCUT2D eigenvalue weighted by Crippen LogP contribution is 2.39. The van der Waals surface area contributed by atoms with Crippen molar-refractivity contribution in [1.29, 1.82) is 0 Å². The molecule has 0 aromatic heterocycles. The number of hydrogen-bond acceptors (Lipinski definition) is 4. The molecule has 128 valence electrons. The number of carbonyl (C=O) groups excluding carboxylic acids is 2. The van der Waals surface area contributed by atoms with Gasteiger partial charge in [0.25, 0.3) is 11.7 Å². The number of hydrogen-bond donors (Lipinski definition) is 1. The Morgan fingerprint density at radius 2 is 1.84 bits per heavy atom. The number of likely N-dealkylation sites (tertiary alicyclic amines) is 1. The van der Waals surface area contributed by atoms with Crippen LogP contribution >= 0.6 is 0 Å². The van der Waals surface area contributed by atoms with E-state index in [1.54, 1.807) is 30.3 Å². The molecule has 0 radical (unpaired) electrons. The first kappa shape index (κ1) is 16.7. The lowest BCUT2D eigenvalue weighted by Gasteiger charge is -2.21. The lowest BCUT2D eigenvalue weighted by molar-refractivity contribution is -0.139. The monoisotopic (exact) mass is 341 g/mol. The maximum atomic E-state index is 13.6. The molecule has 5 nitrogen and oxygen atoms in total. The van der Waals surface area contributed by atoms with Crippen LogP contribution in [0.25, 0.3) is 5.76 Å². The van der Waals surface area contributed by atoms with Crippen molar-refractivity contribution in [2.75, 3.05) is 14.2 Å². The number of ether oxygens (including phenoxy) is 1. The van der Waals surface area contributed by atoms with Gasteiger partial charge < -0.3 is 14.7 Å². The standard InChI is InChI=1S/C19H16FNO4/c1-21-16(11-6-4-3-5-7-11)15(18(23)19(21)24)17(22)13-10-12(20)8-9-14(13)25-2/h3-10,16,22H,1-2H3/b17-15+. The van der Waals surface area contributed by atoms with Crippen LogP contribution in [-0.4, -0.2) is 35.9 Å². The highest BCUT2D eigenvalue weighted by atomic mass is 19.1. The van der Waals surface area contributed by atoms with Gasteiger partial charge in [-0.25, -0.2) is 4.39 Å². The molecular formula is C19H16FNO4. The summed E-state index contributed by atoms with van der Waals surface area (Å²) in [6, 6.07) is 11.7. The van der Waals surface area contributed by atoms with Gasteiger partial charge in [0.15, 0.2) is 0 Å². The molecule has 1 aliphatic rings. The number of carbonyl (C=O) groups is 2. The number of rotatable bonds is 3. The molecular weight excluding hydrogens is 325 g/mol. The molecule has 25 heavy (non-hydrogen) atoms. The second-order valence-electron chi connectivity index (χ2n) is 5.67. The lowest BCUT2D eigenvalue weighted by atomic mass is 9.95. The summed E-state index contributed by atoms with van der Waals surface area (Å²) >= 11 is 0. The number of halogens is 1. The molecule has 3 rings (SSSR count). The smallest absolute Gasteiger partial charge is 0.295 e. The zero-order valence-corrected chi connectivity index (χ0v) is 13.7.